The molecule has 0 bridgehead atoms. The van der Waals surface area contributed by atoms with Gasteiger partial charge in [-0.3, -0.25) is 0 Å². The molecule has 6 nitrogen and oxygen atoms in total. The van der Waals surface area contributed by atoms with Crippen molar-refractivity contribution in [3.05, 3.63) is 53.6 Å². The van der Waals surface area contributed by atoms with E-state index in [0.29, 0.717) is 34.6 Å². The highest BCUT2D eigenvalue weighted by Crippen LogP contribution is 2.24. The molecule has 0 aliphatic rings. The summed E-state index contributed by atoms with van der Waals surface area (Å²) in [5.74, 6) is 2.72. The minimum Gasteiger partial charge on any atom is -0.424 e. The average molecular weight is 330 g/mol. The van der Waals surface area contributed by atoms with E-state index in [2.05, 4.69) is 39.5 Å². The molecule has 2 aromatic heterocycles. The third-order valence-electron chi connectivity index (χ3n) is 3.43. The van der Waals surface area contributed by atoms with E-state index in [9.17, 15) is 0 Å². The van der Waals surface area contributed by atoms with Crippen LogP contribution in [0.5, 0.6) is 0 Å². The largest absolute Gasteiger partial charge is 0.424 e. The van der Waals surface area contributed by atoms with Gasteiger partial charge < -0.3 is 8.83 Å². The van der Waals surface area contributed by atoms with Crippen molar-refractivity contribution >= 4 is 11.8 Å². The Morgan fingerprint density at radius 2 is 1.70 bits per heavy atom. The fraction of sp³-hybridized carbons (Fsp3) is 0.375. The predicted molar refractivity (Wildman–Crippen MR) is 86.1 cm³/mol. The van der Waals surface area contributed by atoms with Gasteiger partial charge in [0.15, 0.2) is 0 Å². The molecule has 0 aliphatic carbocycles. The van der Waals surface area contributed by atoms with Gasteiger partial charge in [0.1, 0.15) is 0 Å². The molecule has 0 spiro atoms. The lowest BCUT2D eigenvalue weighted by atomic mass is 9.98. The lowest BCUT2D eigenvalue weighted by molar-refractivity contribution is 0.403. The Labute approximate surface area is 138 Å². The summed E-state index contributed by atoms with van der Waals surface area (Å²) in [6.07, 6.45) is 1.46. The molecule has 1 unspecified atom stereocenters. The van der Waals surface area contributed by atoms with Gasteiger partial charge in [0, 0.05) is 12.8 Å². The van der Waals surface area contributed by atoms with Gasteiger partial charge in [-0.15, -0.1) is 20.4 Å². The van der Waals surface area contributed by atoms with Crippen LogP contribution in [-0.2, 0) is 18.6 Å². The Kier molecular flexibility index (Phi) is 5.07. The van der Waals surface area contributed by atoms with Gasteiger partial charge in [0.25, 0.3) is 5.22 Å². The SMILES string of the molecule is CCc1nnc(CSc2nnc(CC(C)c3ccccc3)o2)o1. The van der Waals surface area contributed by atoms with Crippen molar-refractivity contribution in [1.29, 1.82) is 0 Å². The van der Waals surface area contributed by atoms with Crippen molar-refractivity contribution in [2.24, 2.45) is 0 Å². The maximum Gasteiger partial charge on any atom is 0.277 e. The van der Waals surface area contributed by atoms with Gasteiger partial charge in [-0.05, 0) is 11.5 Å². The van der Waals surface area contributed by atoms with Gasteiger partial charge in [-0.1, -0.05) is 55.9 Å². The second-order valence-corrected chi connectivity index (χ2v) is 6.14. The van der Waals surface area contributed by atoms with E-state index in [4.69, 9.17) is 8.83 Å². The summed E-state index contributed by atoms with van der Waals surface area (Å²) >= 11 is 1.40. The Hall–Kier alpha value is -2.15. The molecule has 120 valence electrons. The second-order valence-electron chi connectivity index (χ2n) is 5.21. The lowest BCUT2D eigenvalue weighted by Crippen LogP contribution is -1.98. The van der Waals surface area contributed by atoms with Gasteiger partial charge in [-0.25, -0.2) is 0 Å². The van der Waals surface area contributed by atoms with Crippen molar-refractivity contribution in [3.63, 3.8) is 0 Å². The fourth-order valence-corrected chi connectivity index (χ4v) is 2.77. The van der Waals surface area contributed by atoms with Crippen LogP contribution in [0.3, 0.4) is 0 Å². The van der Waals surface area contributed by atoms with Crippen molar-refractivity contribution in [2.45, 2.75) is 43.6 Å². The number of aromatic nitrogens is 4. The van der Waals surface area contributed by atoms with Crippen LogP contribution in [0.15, 0.2) is 44.4 Å². The molecule has 2 heterocycles. The monoisotopic (exact) mass is 330 g/mol. The number of hydrogen-bond acceptors (Lipinski definition) is 7. The Morgan fingerprint density at radius 1 is 0.957 bits per heavy atom. The van der Waals surface area contributed by atoms with Crippen LogP contribution in [0, 0.1) is 0 Å². The van der Waals surface area contributed by atoms with Crippen molar-refractivity contribution < 1.29 is 8.83 Å². The first kappa shape index (κ1) is 15.7. The highest BCUT2D eigenvalue weighted by Gasteiger charge is 2.13. The molecule has 1 aromatic carbocycles. The topological polar surface area (TPSA) is 77.8 Å². The van der Waals surface area contributed by atoms with Crippen molar-refractivity contribution in [3.8, 4) is 0 Å². The maximum absolute atomic E-state index is 5.68. The molecule has 0 saturated heterocycles. The molecule has 23 heavy (non-hydrogen) atoms. The first-order chi connectivity index (χ1) is 11.2. The number of nitrogens with zero attached hydrogens (tertiary/aromatic N) is 4. The summed E-state index contributed by atoms with van der Waals surface area (Å²) in [4.78, 5) is 0. The van der Waals surface area contributed by atoms with E-state index in [-0.39, 0.29) is 0 Å². The van der Waals surface area contributed by atoms with E-state index in [1.807, 2.05) is 25.1 Å². The van der Waals surface area contributed by atoms with Gasteiger partial charge in [0.2, 0.25) is 17.7 Å². The van der Waals surface area contributed by atoms with Gasteiger partial charge in [0.05, 0.1) is 5.75 Å². The van der Waals surface area contributed by atoms with Crippen LogP contribution in [0.1, 0.15) is 43.0 Å². The van der Waals surface area contributed by atoms with Crippen LogP contribution in [-0.4, -0.2) is 20.4 Å². The highest BCUT2D eigenvalue weighted by molar-refractivity contribution is 7.98. The molecule has 3 aromatic rings. The maximum atomic E-state index is 5.68. The van der Waals surface area contributed by atoms with Crippen LogP contribution < -0.4 is 0 Å². The summed E-state index contributed by atoms with van der Waals surface area (Å²) in [5.41, 5.74) is 1.26. The summed E-state index contributed by atoms with van der Waals surface area (Å²) in [5, 5.41) is 16.6. The number of rotatable bonds is 7. The molecule has 0 fully saturated rings. The second kappa shape index (κ2) is 7.41. The quantitative estimate of drug-likeness (QED) is 0.612. The standard InChI is InChI=1S/C16H18N4O2S/c1-3-13-17-19-15(21-13)10-23-16-20-18-14(22-16)9-11(2)12-7-5-4-6-8-12/h4-8,11H,3,9-10H2,1-2H3. The smallest absolute Gasteiger partial charge is 0.277 e. The van der Waals surface area contributed by atoms with E-state index in [0.717, 1.165) is 12.8 Å². The molecule has 1 atom stereocenters. The molecule has 0 radical (unpaired) electrons. The molecular formula is C16H18N4O2S. The van der Waals surface area contributed by atoms with Gasteiger partial charge >= 0.3 is 0 Å². The zero-order chi connectivity index (χ0) is 16.1. The van der Waals surface area contributed by atoms with E-state index >= 15 is 0 Å². The lowest BCUT2D eigenvalue weighted by Gasteiger charge is -2.08. The summed E-state index contributed by atoms with van der Waals surface area (Å²) in [6, 6.07) is 10.3. The minimum atomic E-state index is 0.331. The Morgan fingerprint density at radius 3 is 2.43 bits per heavy atom. The van der Waals surface area contributed by atoms with Gasteiger partial charge in [-0.2, -0.15) is 0 Å². The molecule has 0 saturated carbocycles. The molecule has 7 heteroatoms. The molecule has 0 aliphatic heterocycles. The first-order valence-corrected chi connectivity index (χ1v) is 8.54. The average Bonchev–Trinajstić information content (AvgIpc) is 3.22. The Balaban J connectivity index is 1.55. The highest BCUT2D eigenvalue weighted by atomic mass is 32.2. The zero-order valence-corrected chi connectivity index (χ0v) is 13.9. The van der Waals surface area contributed by atoms with E-state index < -0.39 is 0 Å². The fourth-order valence-electron chi connectivity index (χ4n) is 2.15. The number of thioether (sulfide) groups is 1. The predicted octanol–water partition coefficient (Wildman–Crippen LogP) is 3.65. The third kappa shape index (κ3) is 4.19. The van der Waals surface area contributed by atoms with E-state index in [1.165, 1.54) is 17.3 Å². The third-order valence-corrected chi connectivity index (χ3v) is 4.23. The van der Waals surface area contributed by atoms with Crippen LogP contribution in [0.4, 0.5) is 0 Å². The molecule has 0 N–H and O–H groups in total. The zero-order valence-electron chi connectivity index (χ0n) is 13.1. The van der Waals surface area contributed by atoms with Crippen molar-refractivity contribution in [2.75, 3.05) is 0 Å². The van der Waals surface area contributed by atoms with E-state index in [1.54, 1.807) is 0 Å². The van der Waals surface area contributed by atoms with Crippen LogP contribution in [0.2, 0.25) is 0 Å². The number of aryl methyl sites for hydroxylation is 1. The number of benzene rings is 1. The minimum absolute atomic E-state index is 0.331. The normalized spacial score (nSPS) is 12.4. The first-order valence-electron chi connectivity index (χ1n) is 7.56. The number of hydrogen-bond donors (Lipinski definition) is 0. The van der Waals surface area contributed by atoms with Crippen LogP contribution >= 0.6 is 11.8 Å². The van der Waals surface area contributed by atoms with Crippen LogP contribution in [0.25, 0.3) is 0 Å². The van der Waals surface area contributed by atoms with Crippen molar-refractivity contribution in [1.82, 2.24) is 20.4 Å². The Bertz CT molecular complexity index is 741. The summed E-state index contributed by atoms with van der Waals surface area (Å²) < 4.78 is 11.1. The molecular weight excluding hydrogens is 312 g/mol. The summed E-state index contributed by atoms with van der Waals surface area (Å²) in [6.45, 7) is 4.12. The summed E-state index contributed by atoms with van der Waals surface area (Å²) in [7, 11) is 0. The molecule has 3 rings (SSSR count). The molecule has 0 amide bonds.